The zero-order chi connectivity index (χ0) is 15.3. The Labute approximate surface area is 116 Å². The third kappa shape index (κ3) is 4.14. The Morgan fingerprint density at radius 2 is 1.85 bits per heavy atom. The lowest BCUT2D eigenvalue weighted by atomic mass is 10.1. The second kappa shape index (κ2) is 7.53. The summed E-state index contributed by atoms with van der Waals surface area (Å²) in [6.45, 7) is 2.42. The van der Waals surface area contributed by atoms with E-state index in [-0.39, 0.29) is 6.61 Å². The van der Waals surface area contributed by atoms with Crippen molar-refractivity contribution in [2.24, 2.45) is 0 Å². The predicted octanol–water partition coefficient (Wildman–Crippen LogP) is -0.772. The second-order valence-corrected chi connectivity index (χ2v) is 4.34. The van der Waals surface area contributed by atoms with Gasteiger partial charge < -0.3 is 28.8 Å². The number of hydrogen-bond acceptors (Lipinski definition) is 8. The maximum Gasteiger partial charge on any atom is 0.303 e. The van der Waals surface area contributed by atoms with Gasteiger partial charge in [0.1, 0.15) is 24.9 Å². The van der Waals surface area contributed by atoms with Gasteiger partial charge in [-0.25, -0.2) is 0 Å². The molecule has 20 heavy (non-hydrogen) atoms. The van der Waals surface area contributed by atoms with Gasteiger partial charge in [-0.15, -0.1) is 0 Å². The summed E-state index contributed by atoms with van der Waals surface area (Å²) in [6.07, 6.45) is -4.45. The van der Waals surface area contributed by atoms with E-state index >= 15 is 0 Å². The van der Waals surface area contributed by atoms with Gasteiger partial charge >= 0.3 is 11.9 Å². The van der Waals surface area contributed by atoms with Crippen molar-refractivity contribution < 1.29 is 38.4 Å². The number of carbonyl (C=O) groups excluding carboxylic acids is 2. The molecule has 0 bridgehead atoms. The molecule has 0 radical (unpaired) electrons. The van der Waals surface area contributed by atoms with Crippen LogP contribution in [0, 0.1) is 0 Å². The highest BCUT2D eigenvalue weighted by Crippen LogP contribution is 2.28. The summed E-state index contributed by atoms with van der Waals surface area (Å²) in [7, 11) is 2.76. The Bertz CT molecular complexity index is 344. The van der Waals surface area contributed by atoms with Gasteiger partial charge in [0, 0.05) is 28.1 Å². The van der Waals surface area contributed by atoms with Crippen LogP contribution in [0.15, 0.2) is 0 Å². The second-order valence-electron chi connectivity index (χ2n) is 4.34. The topological polar surface area (TPSA) is 101 Å². The summed E-state index contributed by atoms with van der Waals surface area (Å²) in [5.74, 6) is -1.01. The average Bonchev–Trinajstić information content (AvgIpc) is 2.65. The molecule has 5 unspecified atom stereocenters. The van der Waals surface area contributed by atoms with Gasteiger partial charge in [0.15, 0.2) is 12.4 Å². The van der Waals surface area contributed by atoms with Gasteiger partial charge in [0.25, 0.3) is 0 Å². The molecular weight excluding hydrogens is 272 g/mol. The van der Waals surface area contributed by atoms with Gasteiger partial charge in [-0.1, -0.05) is 0 Å². The summed E-state index contributed by atoms with van der Waals surface area (Å²) in [4.78, 5) is 22.0. The largest absolute Gasteiger partial charge is 0.463 e. The number of hydrogen-bond donors (Lipinski definition) is 1. The van der Waals surface area contributed by atoms with Crippen LogP contribution in [0.1, 0.15) is 13.8 Å². The molecule has 116 valence electrons. The third-order valence-electron chi connectivity index (χ3n) is 2.92. The van der Waals surface area contributed by atoms with E-state index in [1.165, 1.54) is 28.1 Å². The van der Waals surface area contributed by atoms with Crippen LogP contribution >= 0.6 is 0 Å². The minimum Gasteiger partial charge on any atom is -0.463 e. The van der Waals surface area contributed by atoms with E-state index in [4.69, 9.17) is 23.7 Å². The molecule has 1 aliphatic rings. The quantitative estimate of drug-likeness (QED) is 0.637. The van der Waals surface area contributed by atoms with E-state index in [2.05, 4.69) is 0 Å². The summed E-state index contributed by atoms with van der Waals surface area (Å²) in [5.41, 5.74) is 0. The number of esters is 2. The van der Waals surface area contributed by atoms with Crippen molar-refractivity contribution in [2.75, 3.05) is 20.8 Å². The van der Waals surface area contributed by atoms with Crippen molar-refractivity contribution in [3.05, 3.63) is 0 Å². The van der Waals surface area contributed by atoms with E-state index in [0.29, 0.717) is 0 Å². The smallest absolute Gasteiger partial charge is 0.303 e. The highest BCUT2D eigenvalue weighted by Gasteiger charge is 2.50. The van der Waals surface area contributed by atoms with Crippen LogP contribution in [0.25, 0.3) is 0 Å². The minimum atomic E-state index is -1.26. The van der Waals surface area contributed by atoms with E-state index in [0.717, 1.165) is 0 Å². The molecule has 1 aliphatic heterocycles. The highest BCUT2D eigenvalue weighted by atomic mass is 16.7. The molecule has 1 rings (SSSR count). The molecule has 0 aromatic carbocycles. The molecule has 8 heteroatoms. The van der Waals surface area contributed by atoms with Crippen LogP contribution in [0.5, 0.6) is 0 Å². The van der Waals surface area contributed by atoms with Crippen LogP contribution in [-0.2, 0) is 33.3 Å². The lowest BCUT2D eigenvalue weighted by Crippen LogP contribution is -2.45. The fraction of sp³-hybridized carbons (Fsp3) is 0.833. The van der Waals surface area contributed by atoms with Crippen molar-refractivity contribution in [1.82, 2.24) is 0 Å². The van der Waals surface area contributed by atoms with E-state index in [1.54, 1.807) is 0 Å². The molecule has 1 saturated heterocycles. The SMILES string of the molecule is COC(COC(C)=O)C1OC(O)C(OC)C1OC(C)=O. The van der Waals surface area contributed by atoms with Gasteiger partial charge in [-0.2, -0.15) is 0 Å². The summed E-state index contributed by atoms with van der Waals surface area (Å²) >= 11 is 0. The summed E-state index contributed by atoms with van der Waals surface area (Å²) in [5, 5.41) is 9.76. The van der Waals surface area contributed by atoms with Crippen LogP contribution < -0.4 is 0 Å². The minimum absolute atomic E-state index is 0.0859. The average molecular weight is 292 g/mol. The van der Waals surface area contributed by atoms with Crippen LogP contribution in [-0.4, -0.2) is 68.6 Å². The zero-order valence-electron chi connectivity index (χ0n) is 11.9. The maximum atomic E-state index is 11.1. The number of carbonyl (C=O) groups is 2. The van der Waals surface area contributed by atoms with Crippen molar-refractivity contribution >= 4 is 11.9 Å². The van der Waals surface area contributed by atoms with Crippen molar-refractivity contribution in [1.29, 1.82) is 0 Å². The van der Waals surface area contributed by atoms with Gasteiger partial charge in [-0.3, -0.25) is 9.59 Å². The molecule has 0 spiro atoms. The number of aliphatic hydroxyl groups is 1. The molecule has 5 atom stereocenters. The fourth-order valence-corrected chi connectivity index (χ4v) is 2.04. The first-order chi connectivity index (χ1) is 9.40. The Kier molecular flexibility index (Phi) is 6.34. The first kappa shape index (κ1) is 16.8. The Morgan fingerprint density at radius 1 is 1.20 bits per heavy atom. The molecule has 0 aromatic rings. The molecule has 0 aliphatic carbocycles. The fourth-order valence-electron chi connectivity index (χ4n) is 2.04. The van der Waals surface area contributed by atoms with Crippen molar-refractivity contribution in [3.63, 3.8) is 0 Å². The van der Waals surface area contributed by atoms with E-state index in [9.17, 15) is 14.7 Å². The lowest BCUT2D eigenvalue weighted by molar-refractivity contribution is -0.171. The van der Waals surface area contributed by atoms with E-state index in [1.807, 2.05) is 0 Å². The van der Waals surface area contributed by atoms with E-state index < -0.39 is 42.6 Å². The normalized spacial score (nSPS) is 30.9. The zero-order valence-corrected chi connectivity index (χ0v) is 11.9. The Balaban J connectivity index is 2.81. The maximum absolute atomic E-state index is 11.1. The monoisotopic (exact) mass is 292 g/mol. The first-order valence-electron chi connectivity index (χ1n) is 6.10. The van der Waals surface area contributed by atoms with Crippen LogP contribution in [0.2, 0.25) is 0 Å². The molecule has 0 saturated carbocycles. The van der Waals surface area contributed by atoms with Crippen molar-refractivity contribution in [3.8, 4) is 0 Å². The molecular formula is C12H20O8. The molecule has 1 N–H and O–H groups in total. The summed E-state index contributed by atoms with van der Waals surface area (Å²) < 4.78 is 25.5. The molecule has 8 nitrogen and oxygen atoms in total. The number of ether oxygens (including phenoxy) is 5. The third-order valence-corrected chi connectivity index (χ3v) is 2.92. The van der Waals surface area contributed by atoms with Crippen LogP contribution in [0.4, 0.5) is 0 Å². The van der Waals surface area contributed by atoms with Gasteiger partial charge in [0.05, 0.1) is 0 Å². The molecule has 0 amide bonds. The number of rotatable bonds is 6. The highest BCUT2D eigenvalue weighted by molar-refractivity contribution is 5.66. The van der Waals surface area contributed by atoms with Crippen LogP contribution in [0.3, 0.4) is 0 Å². The Morgan fingerprint density at radius 3 is 2.30 bits per heavy atom. The van der Waals surface area contributed by atoms with Crippen molar-refractivity contribution in [2.45, 2.75) is 44.6 Å². The standard InChI is InChI=1S/C12H20O8/c1-6(13)18-5-8(16-3)9-10(19-7(2)14)11(17-4)12(15)20-9/h8-12,15H,5H2,1-4H3. The molecule has 1 heterocycles. The lowest BCUT2D eigenvalue weighted by Gasteiger charge is -2.26. The number of methoxy groups -OCH3 is 2. The summed E-state index contributed by atoms with van der Waals surface area (Å²) in [6, 6.07) is 0. The molecule has 0 aromatic heterocycles. The van der Waals surface area contributed by atoms with Gasteiger partial charge in [0.2, 0.25) is 0 Å². The Hall–Kier alpha value is -1.22. The first-order valence-corrected chi connectivity index (χ1v) is 6.10. The van der Waals surface area contributed by atoms with Gasteiger partial charge in [-0.05, 0) is 0 Å². The predicted molar refractivity (Wildman–Crippen MR) is 64.7 cm³/mol. The number of aliphatic hydroxyl groups excluding tert-OH is 1. The molecule has 1 fully saturated rings.